The summed E-state index contributed by atoms with van der Waals surface area (Å²) in [6.07, 6.45) is -0.650. The lowest BCUT2D eigenvalue weighted by Crippen LogP contribution is -2.18. The van der Waals surface area contributed by atoms with E-state index in [0.29, 0.717) is 5.75 Å². The first-order valence-corrected chi connectivity index (χ1v) is 7.01. The zero-order chi connectivity index (χ0) is 14.4. The summed E-state index contributed by atoms with van der Waals surface area (Å²) in [5, 5.41) is 9.33. The molecule has 0 saturated carbocycles. The van der Waals surface area contributed by atoms with Gasteiger partial charge >= 0.3 is 0 Å². The number of nitrogens with two attached hydrogens (primary N) is 1. The second-order valence-corrected chi connectivity index (χ2v) is 4.89. The maximum Gasteiger partial charge on any atom is 0.119 e. The van der Waals surface area contributed by atoms with E-state index in [9.17, 15) is 5.11 Å². The molecule has 0 saturated heterocycles. The van der Waals surface area contributed by atoms with E-state index >= 15 is 0 Å². The molecule has 0 aromatic heterocycles. The molecule has 0 radical (unpaired) electrons. The minimum Gasteiger partial charge on any atom is -0.491 e. The average molecular weight is 292 g/mol. The molecule has 0 bridgehead atoms. The van der Waals surface area contributed by atoms with Gasteiger partial charge < -0.3 is 15.6 Å². The van der Waals surface area contributed by atoms with Crippen LogP contribution in [-0.2, 0) is 0 Å². The van der Waals surface area contributed by atoms with Crippen LogP contribution >= 0.6 is 11.6 Å². The molecule has 2 unspecified atom stereocenters. The number of benzene rings is 2. The van der Waals surface area contributed by atoms with Crippen LogP contribution in [0.1, 0.15) is 17.2 Å². The molecule has 2 rings (SSSR count). The van der Waals surface area contributed by atoms with Gasteiger partial charge in [0.15, 0.2) is 0 Å². The predicted molar refractivity (Wildman–Crippen MR) is 81.1 cm³/mol. The van der Waals surface area contributed by atoms with Crippen molar-refractivity contribution in [3.8, 4) is 5.75 Å². The summed E-state index contributed by atoms with van der Waals surface area (Å²) in [5.74, 6) is 0.856. The van der Waals surface area contributed by atoms with E-state index in [1.54, 1.807) is 0 Å². The van der Waals surface area contributed by atoms with Gasteiger partial charge in [0.1, 0.15) is 18.5 Å². The highest BCUT2D eigenvalue weighted by atomic mass is 35.5. The lowest BCUT2D eigenvalue weighted by molar-refractivity contribution is 0.125. The highest BCUT2D eigenvalue weighted by Gasteiger charge is 2.08. The summed E-state index contributed by atoms with van der Waals surface area (Å²) >= 11 is 5.51. The van der Waals surface area contributed by atoms with Crippen LogP contribution in [0.2, 0.25) is 0 Å². The minimum absolute atomic E-state index is 0.154. The summed E-state index contributed by atoms with van der Waals surface area (Å²) < 4.78 is 5.42. The van der Waals surface area contributed by atoms with Crippen LogP contribution in [0.25, 0.3) is 0 Å². The smallest absolute Gasteiger partial charge is 0.119 e. The molecule has 0 aliphatic carbocycles. The predicted octanol–water partition coefficient (Wildman–Crippen LogP) is 2.71. The number of hydrogen-bond acceptors (Lipinski definition) is 3. The van der Waals surface area contributed by atoms with Crippen LogP contribution in [-0.4, -0.2) is 23.7 Å². The number of halogens is 1. The Labute approximate surface area is 123 Å². The second-order valence-electron chi connectivity index (χ2n) is 4.58. The molecule has 2 aromatic carbocycles. The van der Waals surface area contributed by atoms with Crippen molar-refractivity contribution >= 4 is 11.6 Å². The van der Waals surface area contributed by atoms with Gasteiger partial charge in [0.25, 0.3) is 0 Å². The van der Waals surface area contributed by atoms with E-state index in [4.69, 9.17) is 22.1 Å². The Morgan fingerprint density at radius 2 is 1.60 bits per heavy atom. The second kappa shape index (κ2) is 7.29. The van der Waals surface area contributed by atoms with Crippen molar-refractivity contribution in [3.05, 3.63) is 65.7 Å². The normalized spacial score (nSPS) is 13.8. The molecule has 0 aliphatic rings. The van der Waals surface area contributed by atoms with Crippen molar-refractivity contribution in [1.29, 1.82) is 0 Å². The Bertz CT molecular complexity index is 516. The fourth-order valence-electron chi connectivity index (χ4n) is 1.86. The molecule has 106 valence electrons. The SMILES string of the molecule is NC(c1ccccc1)c1ccc(OCC(O)CCl)cc1. The van der Waals surface area contributed by atoms with Gasteiger partial charge in [0, 0.05) is 0 Å². The number of aliphatic hydroxyl groups excluding tert-OH is 1. The molecule has 20 heavy (non-hydrogen) atoms. The van der Waals surface area contributed by atoms with Gasteiger partial charge in [0.05, 0.1) is 11.9 Å². The average Bonchev–Trinajstić information content (AvgIpc) is 2.53. The molecule has 0 amide bonds. The number of hydrogen-bond donors (Lipinski definition) is 2. The molecule has 2 aromatic rings. The zero-order valence-electron chi connectivity index (χ0n) is 11.1. The molecule has 0 aliphatic heterocycles. The lowest BCUT2D eigenvalue weighted by Gasteiger charge is -2.14. The summed E-state index contributed by atoms with van der Waals surface area (Å²) in [4.78, 5) is 0. The third kappa shape index (κ3) is 3.97. The van der Waals surface area contributed by atoms with Crippen molar-refractivity contribution in [2.45, 2.75) is 12.1 Å². The van der Waals surface area contributed by atoms with Crippen LogP contribution in [0.5, 0.6) is 5.75 Å². The molecular weight excluding hydrogens is 274 g/mol. The molecule has 2 atom stereocenters. The summed E-state index contributed by atoms with van der Waals surface area (Å²) in [6.45, 7) is 0.188. The maximum atomic E-state index is 9.33. The number of aliphatic hydroxyl groups is 1. The quantitative estimate of drug-likeness (QED) is 0.805. The van der Waals surface area contributed by atoms with E-state index in [1.807, 2.05) is 54.6 Å². The number of alkyl halides is 1. The molecule has 0 fully saturated rings. The van der Waals surface area contributed by atoms with E-state index in [2.05, 4.69) is 0 Å². The van der Waals surface area contributed by atoms with Crippen LogP contribution in [0.3, 0.4) is 0 Å². The first kappa shape index (κ1) is 14.9. The van der Waals surface area contributed by atoms with Gasteiger partial charge in [-0.2, -0.15) is 0 Å². The van der Waals surface area contributed by atoms with Crippen LogP contribution < -0.4 is 10.5 Å². The van der Waals surface area contributed by atoms with Crippen molar-refractivity contribution in [2.24, 2.45) is 5.73 Å². The van der Waals surface area contributed by atoms with Gasteiger partial charge in [-0.05, 0) is 23.3 Å². The summed E-state index contributed by atoms with van der Waals surface area (Å²) in [7, 11) is 0. The largest absolute Gasteiger partial charge is 0.491 e. The first-order valence-electron chi connectivity index (χ1n) is 6.48. The van der Waals surface area contributed by atoms with Crippen LogP contribution in [0.4, 0.5) is 0 Å². The fraction of sp³-hybridized carbons (Fsp3) is 0.250. The van der Waals surface area contributed by atoms with Crippen molar-refractivity contribution < 1.29 is 9.84 Å². The lowest BCUT2D eigenvalue weighted by atomic mass is 10.00. The van der Waals surface area contributed by atoms with Crippen LogP contribution in [0, 0.1) is 0 Å². The van der Waals surface area contributed by atoms with E-state index in [-0.39, 0.29) is 18.5 Å². The number of ether oxygens (including phenoxy) is 1. The molecular formula is C16H18ClNO2. The Balaban J connectivity index is 2.01. The maximum absolute atomic E-state index is 9.33. The van der Waals surface area contributed by atoms with Gasteiger partial charge in [-0.1, -0.05) is 42.5 Å². The Morgan fingerprint density at radius 1 is 1.00 bits per heavy atom. The molecule has 4 heteroatoms. The highest BCUT2D eigenvalue weighted by molar-refractivity contribution is 6.18. The Kier molecular flexibility index (Phi) is 5.41. The minimum atomic E-state index is -0.650. The van der Waals surface area contributed by atoms with Crippen molar-refractivity contribution in [2.75, 3.05) is 12.5 Å². The molecule has 3 N–H and O–H groups in total. The first-order chi connectivity index (χ1) is 9.70. The van der Waals surface area contributed by atoms with Gasteiger partial charge in [-0.15, -0.1) is 11.6 Å². The molecule has 0 spiro atoms. The van der Waals surface area contributed by atoms with Crippen LogP contribution in [0.15, 0.2) is 54.6 Å². The molecule has 3 nitrogen and oxygen atoms in total. The van der Waals surface area contributed by atoms with E-state index in [0.717, 1.165) is 11.1 Å². The Morgan fingerprint density at radius 3 is 2.20 bits per heavy atom. The topological polar surface area (TPSA) is 55.5 Å². The number of rotatable bonds is 6. The summed E-state index contributed by atoms with van der Waals surface area (Å²) in [6, 6.07) is 17.3. The van der Waals surface area contributed by atoms with E-state index in [1.165, 1.54) is 0 Å². The fourth-order valence-corrected chi connectivity index (χ4v) is 1.95. The third-order valence-corrected chi connectivity index (χ3v) is 3.37. The van der Waals surface area contributed by atoms with Gasteiger partial charge in [-0.3, -0.25) is 0 Å². The van der Waals surface area contributed by atoms with Crippen molar-refractivity contribution in [1.82, 2.24) is 0 Å². The van der Waals surface area contributed by atoms with Gasteiger partial charge in [-0.25, -0.2) is 0 Å². The third-order valence-electron chi connectivity index (χ3n) is 3.02. The van der Waals surface area contributed by atoms with Crippen molar-refractivity contribution in [3.63, 3.8) is 0 Å². The monoisotopic (exact) mass is 291 g/mol. The highest BCUT2D eigenvalue weighted by Crippen LogP contribution is 2.21. The summed E-state index contributed by atoms with van der Waals surface area (Å²) in [5.41, 5.74) is 8.30. The zero-order valence-corrected chi connectivity index (χ0v) is 11.8. The standard InChI is InChI=1S/C16H18ClNO2/c17-10-14(19)11-20-15-8-6-13(7-9-15)16(18)12-4-2-1-3-5-12/h1-9,14,16,19H,10-11,18H2. The van der Waals surface area contributed by atoms with Gasteiger partial charge in [0.2, 0.25) is 0 Å². The van der Waals surface area contributed by atoms with E-state index < -0.39 is 6.10 Å². The Hall–Kier alpha value is -1.55. The molecule has 0 heterocycles.